The molecule has 4 aliphatic heterocycles. The van der Waals surface area contributed by atoms with Gasteiger partial charge in [-0.15, -0.1) is 0 Å². The van der Waals surface area contributed by atoms with Crippen LogP contribution in [0.15, 0.2) is 24.3 Å². The number of hydrogen-bond acceptors (Lipinski definition) is 5. The molecule has 0 unspecified atom stereocenters. The summed E-state index contributed by atoms with van der Waals surface area (Å²) in [6, 6.07) is 6.71. The predicted octanol–water partition coefficient (Wildman–Crippen LogP) is 4.05. The fourth-order valence-electron chi connectivity index (χ4n) is 6.61. The Bertz CT molecular complexity index is 1310. The first-order valence-electron chi connectivity index (χ1n) is 11.3. The number of carbonyl (C=O) groups excluding carboxylic acids is 3. The van der Waals surface area contributed by atoms with Crippen molar-refractivity contribution in [3.63, 3.8) is 0 Å². The monoisotopic (exact) mass is 499 g/mol. The van der Waals surface area contributed by atoms with Crippen molar-refractivity contribution < 1.29 is 19.1 Å². The third-order valence-electron chi connectivity index (χ3n) is 8.06. The molecule has 3 amide bonds. The summed E-state index contributed by atoms with van der Waals surface area (Å²) in [5.74, 6) is -2.07. The lowest BCUT2D eigenvalue weighted by atomic mass is 9.75. The van der Waals surface area contributed by atoms with Gasteiger partial charge in [-0.2, -0.15) is 0 Å². The zero-order valence-electron chi connectivity index (χ0n) is 18.9. The minimum atomic E-state index is -1.24. The maximum atomic E-state index is 14.1. The second kappa shape index (κ2) is 7.20. The number of hydrogen-bond donors (Lipinski definition) is 1. The van der Waals surface area contributed by atoms with E-state index in [1.165, 1.54) is 12.0 Å². The van der Waals surface area contributed by atoms with Crippen LogP contribution in [0.4, 0.5) is 11.4 Å². The van der Waals surface area contributed by atoms with Crippen molar-refractivity contribution >= 4 is 52.3 Å². The molecule has 3 fully saturated rings. The number of aryl methyl sites for hydroxylation is 1. The number of nitrogens with zero attached hydrogens (tertiary/aromatic N) is 2. The second-order valence-electron chi connectivity index (χ2n) is 9.51. The van der Waals surface area contributed by atoms with Crippen LogP contribution in [0.1, 0.15) is 29.5 Å². The van der Waals surface area contributed by atoms with Gasteiger partial charge in [-0.3, -0.25) is 19.3 Å². The van der Waals surface area contributed by atoms with E-state index in [1.807, 2.05) is 19.9 Å². The Labute approximate surface area is 206 Å². The van der Waals surface area contributed by atoms with E-state index in [-0.39, 0.29) is 23.8 Å². The summed E-state index contributed by atoms with van der Waals surface area (Å²) in [5, 5.41) is 4.03. The van der Waals surface area contributed by atoms with Crippen LogP contribution in [0.2, 0.25) is 10.0 Å². The van der Waals surface area contributed by atoms with Gasteiger partial charge in [0.15, 0.2) is 0 Å². The van der Waals surface area contributed by atoms with E-state index >= 15 is 0 Å². The van der Waals surface area contributed by atoms with Crippen LogP contribution in [-0.2, 0) is 19.9 Å². The van der Waals surface area contributed by atoms with Gasteiger partial charge >= 0.3 is 0 Å². The average Bonchev–Trinajstić information content (AvgIpc) is 3.51. The van der Waals surface area contributed by atoms with E-state index in [2.05, 4.69) is 10.2 Å². The SMILES string of the molecule is COc1cc(Cl)c(C)cc1N1C(=O)[C@@H]2[C@@H]3CCCN3[C@@]3(C(=O)Nc4c3ccc(Cl)c4C)[C@H]2C1=O. The highest BCUT2D eigenvalue weighted by atomic mass is 35.5. The van der Waals surface area contributed by atoms with Gasteiger partial charge in [0.2, 0.25) is 17.7 Å². The highest BCUT2D eigenvalue weighted by molar-refractivity contribution is 6.33. The van der Waals surface area contributed by atoms with Gasteiger partial charge in [0, 0.05) is 27.7 Å². The summed E-state index contributed by atoms with van der Waals surface area (Å²) in [5.41, 5.74) is 1.96. The standard InChI is InChI=1S/C25H23Cl2N3O4/c1-11-9-17(18(34-3)10-15(11)27)30-22(31)19-16-5-4-8-29(16)25(20(19)23(30)32)13-6-7-14(26)12(2)21(13)28-24(25)33/h6-7,9-10,16,19-20H,4-5,8H2,1-3H3,(H,28,33)/t16-,19+,20+,25+/m0/s1. The van der Waals surface area contributed by atoms with Crippen LogP contribution in [0, 0.1) is 25.7 Å². The molecule has 3 saturated heterocycles. The molecule has 1 N–H and O–H groups in total. The molecule has 0 saturated carbocycles. The van der Waals surface area contributed by atoms with E-state index in [9.17, 15) is 14.4 Å². The molecule has 4 heterocycles. The molecule has 176 valence electrons. The molecule has 4 atom stereocenters. The predicted molar refractivity (Wildman–Crippen MR) is 128 cm³/mol. The van der Waals surface area contributed by atoms with Crippen LogP contribution in [0.25, 0.3) is 0 Å². The lowest BCUT2D eigenvalue weighted by molar-refractivity contribution is -0.135. The molecule has 34 heavy (non-hydrogen) atoms. The number of anilines is 2. The Hall–Kier alpha value is -2.61. The van der Waals surface area contributed by atoms with Crippen molar-refractivity contribution in [2.75, 3.05) is 23.9 Å². The quantitative estimate of drug-likeness (QED) is 0.630. The number of fused-ring (bicyclic) bond motifs is 7. The van der Waals surface area contributed by atoms with Gasteiger partial charge in [0.25, 0.3) is 0 Å². The zero-order valence-corrected chi connectivity index (χ0v) is 20.5. The molecule has 0 aromatic heterocycles. The number of imide groups is 1. The Morgan fingerprint density at radius 3 is 2.59 bits per heavy atom. The molecule has 0 bridgehead atoms. The van der Waals surface area contributed by atoms with E-state index in [1.54, 1.807) is 18.2 Å². The molecule has 6 rings (SSSR count). The van der Waals surface area contributed by atoms with Crippen LogP contribution in [-0.4, -0.2) is 42.3 Å². The Kier molecular flexibility index (Phi) is 4.63. The second-order valence-corrected chi connectivity index (χ2v) is 10.3. The molecule has 1 spiro atoms. The largest absolute Gasteiger partial charge is 0.495 e. The van der Waals surface area contributed by atoms with E-state index < -0.39 is 17.4 Å². The topological polar surface area (TPSA) is 79.0 Å². The molecule has 0 radical (unpaired) electrons. The molecular formula is C25H23Cl2N3O4. The van der Waals surface area contributed by atoms with Gasteiger partial charge in [-0.05, 0) is 56.5 Å². The van der Waals surface area contributed by atoms with Crippen molar-refractivity contribution in [2.24, 2.45) is 11.8 Å². The van der Waals surface area contributed by atoms with Gasteiger partial charge in [-0.25, -0.2) is 4.90 Å². The fourth-order valence-corrected chi connectivity index (χ4v) is 6.93. The highest BCUT2D eigenvalue weighted by Crippen LogP contribution is 2.61. The van der Waals surface area contributed by atoms with Crippen molar-refractivity contribution in [3.8, 4) is 5.75 Å². The summed E-state index contributed by atoms with van der Waals surface area (Å²) in [4.78, 5) is 45.2. The Morgan fingerprint density at radius 2 is 1.85 bits per heavy atom. The lowest BCUT2D eigenvalue weighted by Gasteiger charge is -2.36. The molecule has 0 aliphatic carbocycles. The van der Waals surface area contributed by atoms with Crippen molar-refractivity contribution in [1.29, 1.82) is 0 Å². The third-order valence-corrected chi connectivity index (χ3v) is 8.88. The minimum Gasteiger partial charge on any atom is -0.495 e. The Morgan fingerprint density at radius 1 is 1.09 bits per heavy atom. The number of halogens is 2. The maximum Gasteiger partial charge on any atom is 0.250 e. The summed E-state index contributed by atoms with van der Waals surface area (Å²) >= 11 is 12.6. The van der Waals surface area contributed by atoms with Crippen molar-refractivity contribution in [3.05, 3.63) is 51.0 Å². The van der Waals surface area contributed by atoms with Crippen LogP contribution < -0.4 is 15.0 Å². The number of nitrogens with one attached hydrogen (secondary N) is 1. The van der Waals surface area contributed by atoms with E-state index in [0.29, 0.717) is 33.7 Å². The highest BCUT2D eigenvalue weighted by Gasteiger charge is 2.74. The first-order chi connectivity index (χ1) is 16.2. The van der Waals surface area contributed by atoms with E-state index in [0.717, 1.165) is 29.5 Å². The number of ether oxygens (including phenoxy) is 1. The number of amides is 3. The summed E-state index contributed by atoms with van der Waals surface area (Å²) in [6.45, 7) is 4.31. The zero-order chi connectivity index (χ0) is 24.1. The van der Waals surface area contributed by atoms with Crippen LogP contribution in [0.5, 0.6) is 5.75 Å². The first kappa shape index (κ1) is 21.9. The molecule has 2 aromatic carbocycles. The maximum absolute atomic E-state index is 14.1. The molecular weight excluding hydrogens is 477 g/mol. The number of methoxy groups -OCH3 is 1. The normalized spacial score (nSPS) is 29.6. The number of benzene rings is 2. The van der Waals surface area contributed by atoms with Gasteiger partial charge in [0.1, 0.15) is 11.3 Å². The number of rotatable bonds is 2. The summed E-state index contributed by atoms with van der Waals surface area (Å²) in [6.07, 6.45) is 1.61. The van der Waals surface area contributed by atoms with Gasteiger partial charge < -0.3 is 10.1 Å². The smallest absolute Gasteiger partial charge is 0.250 e. The third kappa shape index (κ3) is 2.45. The molecule has 4 aliphatic rings. The van der Waals surface area contributed by atoms with Crippen LogP contribution in [0.3, 0.4) is 0 Å². The lowest BCUT2D eigenvalue weighted by Crippen LogP contribution is -2.54. The summed E-state index contributed by atoms with van der Waals surface area (Å²) in [7, 11) is 1.48. The minimum absolute atomic E-state index is 0.196. The first-order valence-corrected chi connectivity index (χ1v) is 12.1. The van der Waals surface area contributed by atoms with E-state index in [4.69, 9.17) is 27.9 Å². The van der Waals surface area contributed by atoms with Gasteiger partial charge in [0.05, 0.1) is 30.3 Å². The fraction of sp³-hybridized carbons (Fsp3) is 0.400. The van der Waals surface area contributed by atoms with Crippen molar-refractivity contribution in [1.82, 2.24) is 4.90 Å². The molecule has 7 nitrogen and oxygen atoms in total. The van der Waals surface area contributed by atoms with Crippen molar-refractivity contribution in [2.45, 2.75) is 38.3 Å². The molecule has 9 heteroatoms. The Balaban J connectivity index is 1.57. The average molecular weight is 500 g/mol. The van der Waals surface area contributed by atoms with Crippen LogP contribution >= 0.6 is 23.2 Å². The van der Waals surface area contributed by atoms with Gasteiger partial charge in [-0.1, -0.05) is 29.3 Å². The number of carbonyl (C=O) groups is 3. The molecule has 2 aromatic rings. The summed E-state index contributed by atoms with van der Waals surface area (Å²) < 4.78 is 5.49.